The van der Waals surface area contributed by atoms with Gasteiger partial charge in [0.25, 0.3) is 5.91 Å². The molecule has 1 saturated heterocycles. The standard InChI is InChI=1S/C14H21N3O2S.ClH/c18-13(11-4-8-15-9-5-11)16-6-2-7-17-14(19)12-3-1-10-20-12;/h1,3,10-11,15H,2,4-9H2,(H,16,18)(H,17,19);1H. The molecule has 0 radical (unpaired) electrons. The number of halogens is 1. The zero-order valence-corrected chi connectivity index (χ0v) is 13.5. The summed E-state index contributed by atoms with van der Waals surface area (Å²) in [6, 6.07) is 3.66. The molecule has 21 heavy (non-hydrogen) atoms. The minimum Gasteiger partial charge on any atom is -0.356 e. The summed E-state index contributed by atoms with van der Waals surface area (Å²) in [7, 11) is 0. The third-order valence-electron chi connectivity index (χ3n) is 3.39. The third-order valence-corrected chi connectivity index (χ3v) is 4.26. The van der Waals surface area contributed by atoms with Crippen LogP contribution in [0.4, 0.5) is 0 Å². The molecule has 1 aliphatic heterocycles. The molecule has 2 heterocycles. The van der Waals surface area contributed by atoms with Crippen LogP contribution in [-0.2, 0) is 4.79 Å². The molecule has 1 aromatic rings. The van der Waals surface area contributed by atoms with Gasteiger partial charge in [-0.1, -0.05) is 6.07 Å². The molecule has 2 amide bonds. The van der Waals surface area contributed by atoms with Gasteiger partial charge in [0, 0.05) is 19.0 Å². The first-order chi connectivity index (χ1) is 9.77. The molecule has 2 rings (SSSR count). The summed E-state index contributed by atoms with van der Waals surface area (Å²) in [6.07, 6.45) is 2.59. The van der Waals surface area contributed by atoms with Gasteiger partial charge in [-0.15, -0.1) is 23.7 Å². The molecule has 1 aromatic heterocycles. The highest BCUT2D eigenvalue weighted by atomic mass is 35.5. The summed E-state index contributed by atoms with van der Waals surface area (Å²) in [5, 5.41) is 10.9. The van der Waals surface area contributed by atoms with Crippen LogP contribution in [0.15, 0.2) is 17.5 Å². The fourth-order valence-electron chi connectivity index (χ4n) is 2.23. The molecule has 118 valence electrons. The third kappa shape index (κ3) is 6.03. The lowest BCUT2D eigenvalue weighted by Gasteiger charge is -2.21. The maximum absolute atomic E-state index is 11.9. The molecule has 0 aliphatic carbocycles. The van der Waals surface area contributed by atoms with Gasteiger partial charge in [-0.2, -0.15) is 0 Å². The Balaban J connectivity index is 0.00000220. The molecule has 0 unspecified atom stereocenters. The molecule has 0 atom stereocenters. The van der Waals surface area contributed by atoms with Crippen molar-refractivity contribution in [3.63, 3.8) is 0 Å². The van der Waals surface area contributed by atoms with Crippen LogP contribution < -0.4 is 16.0 Å². The number of amides is 2. The lowest BCUT2D eigenvalue weighted by atomic mass is 9.97. The zero-order chi connectivity index (χ0) is 14.2. The van der Waals surface area contributed by atoms with Crippen molar-refractivity contribution in [3.05, 3.63) is 22.4 Å². The van der Waals surface area contributed by atoms with E-state index >= 15 is 0 Å². The minimum absolute atomic E-state index is 0. The van der Waals surface area contributed by atoms with Crippen molar-refractivity contribution in [1.82, 2.24) is 16.0 Å². The number of hydrogen-bond donors (Lipinski definition) is 3. The van der Waals surface area contributed by atoms with Gasteiger partial charge in [-0.05, 0) is 43.8 Å². The smallest absolute Gasteiger partial charge is 0.261 e. The molecular formula is C14H22ClN3O2S. The van der Waals surface area contributed by atoms with E-state index in [-0.39, 0.29) is 30.1 Å². The molecule has 7 heteroatoms. The summed E-state index contributed by atoms with van der Waals surface area (Å²) in [6.45, 7) is 3.06. The Kier molecular flexibility index (Phi) is 8.34. The van der Waals surface area contributed by atoms with E-state index in [4.69, 9.17) is 0 Å². The predicted molar refractivity (Wildman–Crippen MR) is 87.1 cm³/mol. The fraction of sp³-hybridized carbons (Fsp3) is 0.571. The second kappa shape index (κ2) is 9.76. The highest BCUT2D eigenvalue weighted by molar-refractivity contribution is 7.12. The van der Waals surface area contributed by atoms with E-state index in [0.717, 1.165) is 37.2 Å². The Labute approximate surface area is 135 Å². The number of thiophene rings is 1. The molecule has 0 bridgehead atoms. The summed E-state index contributed by atoms with van der Waals surface area (Å²) < 4.78 is 0. The first-order valence-electron chi connectivity index (χ1n) is 7.07. The zero-order valence-electron chi connectivity index (χ0n) is 11.9. The van der Waals surface area contributed by atoms with Gasteiger partial charge >= 0.3 is 0 Å². The van der Waals surface area contributed by atoms with Crippen LogP contribution in [0.25, 0.3) is 0 Å². The Morgan fingerprint density at radius 2 is 1.95 bits per heavy atom. The Bertz CT molecular complexity index is 433. The lowest BCUT2D eigenvalue weighted by Crippen LogP contribution is -2.39. The van der Waals surface area contributed by atoms with E-state index in [0.29, 0.717) is 13.1 Å². The number of carbonyl (C=O) groups is 2. The van der Waals surface area contributed by atoms with Gasteiger partial charge in [-0.25, -0.2) is 0 Å². The van der Waals surface area contributed by atoms with Crippen molar-refractivity contribution in [1.29, 1.82) is 0 Å². The van der Waals surface area contributed by atoms with Crippen LogP contribution in [0.5, 0.6) is 0 Å². The van der Waals surface area contributed by atoms with Gasteiger partial charge in [0.15, 0.2) is 0 Å². The van der Waals surface area contributed by atoms with E-state index in [1.54, 1.807) is 6.07 Å². The molecule has 3 N–H and O–H groups in total. The monoisotopic (exact) mass is 331 g/mol. The topological polar surface area (TPSA) is 70.2 Å². The van der Waals surface area contributed by atoms with Gasteiger partial charge in [0.1, 0.15) is 0 Å². The number of carbonyl (C=O) groups excluding carboxylic acids is 2. The SMILES string of the molecule is Cl.O=C(NCCCNC(=O)C1CCNCC1)c1cccs1. The molecule has 0 saturated carbocycles. The number of piperidine rings is 1. The summed E-state index contributed by atoms with van der Waals surface area (Å²) >= 11 is 1.43. The fourth-order valence-corrected chi connectivity index (χ4v) is 2.87. The van der Waals surface area contributed by atoms with Crippen molar-refractivity contribution in [2.75, 3.05) is 26.2 Å². The van der Waals surface area contributed by atoms with E-state index < -0.39 is 0 Å². The average molecular weight is 332 g/mol. The van der Waals surface area contributed by atoms with Crippen LogP contribution in [-0.4, -0.2) is 38.0 Å². The van der Waals surface area contributed by atoms with Gasteiger partial charge in [0.05, 0.1) is 4.88 Å². The minimum atomic E-state index is -0.0373. The number of rotatable bonds is 6. The summed E-state index contributed by atoms with van der Waals surface area (Å²) in [4.78, 5) is 24.2. The Morgan fingerprint density at radius 3 is 2.62 bits per heavy atom. The lowest BCUT2D eigenvalue weighted by molar-refractivity contribution is -0.125. The Morgan fingerprint density at radius 1 is 1.24 bits per heavy atom. The molecular weight excluding hydrogens is 310 g/mol. The molecule has 1 fully saturated rings. The summed E-state index contributed by atoms with van der Waals surface area (Å²) in [5.41, 5.74) is 0. The summed E-state index contributed by atoms with van der Waals surface area (Å²) in [5.74, 6) is 0.262. The predicted octanol–water partition coefficient (Wildman–Crippen LogP) is 1.41. The highest BCUT2D eigenvalue weighted by Gasteiger charge is 2.19. The van der Waals surface area contributed by atoms with Gasteiger partial charge in [0.2, 0.25) is 5.91 Å². The first kappa shape index (κ1) is 17.9. The normalized spacial score (nSPS) is 15.0. The highest BCUT2D eigenvalue weighted by Crippen LogP contribution is 2.11. The quantitative estimate of drug-likeness (QED) is 0.690. The number of nitrogens with one attached hydrogen (secondary N) is 3. The molecule has 0 aromatic carbocycles. The van der Waals surface area contributed by atoms with Crippen LogP contribution in [0.3, 0.4) is 0 Å². The average Bonchev–Trinajstić information content (AvgIpc) is 3.01. The van der Waals surface area contributed by atoms with Gasteiger partial charge < -0.3 is 16.0 Å². The van der Waals surface area contributed by atoms with Crippen LogP contribution >= 0.6 is 23.7 Å². The van der Waals surface area contributed by atoms with Crippen LogP contribution in [0.1, 0.15) is 28.9 Å². The van der Waals surface area contributed by atoms with Crippen molar-refractivity contribution in [2.45, 2.75) is 19.3 Å². The van der Waals surface area contributed by atoms with E-state index in [9.17, 15) is 9.59 Å². The maximum atomic E-state index is 11.9. The van der Waals surface area contributed by atoms with Crippen LogP contribution in [0, 0.1) is 5.92 Å². The largest absolute Gasteiger partial charge is 0.356 e. The van der Waals surface area contributed by atoms with Crippen molar-refractivity contribution >= 4 is 35.6 Å². The van der Waals surface area contributed by atoms with E-state index in [2.05, 4.69) is 16.0 Å². The Hall–Kier alpha value is -1.11. The van der Waals surface area contributed by atoms with Crippen molar-refractivity contribution in [3.8, 4) is 0 Å². The van der Waals surface area contributed by atoms with Gasteiger partial charge in [-0.3, -0.25) is 9.59 Å². The van der Waals surface area contributed by atoms with Crippen molar-refractivity contribution < 1.29 is 9.59 Å². The second-order valence-electron chi connectivity index (χ2n) is 4.90. The molecule has 0 spiro atoms. The van der Waals surface area contributed by atoms with E-state index in [1.807, 2.05) is 11.4 Å². The number of hydrogen-bond acceptors (Lipinski definition) is 4. The first-order valence-corrected chi connectivity index (χ1v) is 7.95. The van der Waals surface area contributed by atoms with Crippen molar-refractivity contribution in [2.24, 2.45) is 5.92 Å². The molecule has 1 aliphatic rings. The maximum Gasteiger partial charge on any atom is 0.261 e. The van der Waals surface area contributed by atoms with Crippen LogP contribution in [0.2, 0.25) is 0 Å². The second-order valence-corrected chi connectivity index (χ2v) is 5.85. The molecule has 5 nitrogen and oxygen atoms in total. The van der Waals surface area contributed by atoms with E-state index in [1.165, 1.54) is 11.3 Å².